The second kappa shape index (κ2) is 7.38. The third-order valence-corrected chi connectivity index (χ3v) is 3.25. The van der Waals surface area contributed by atoms with E-state index in [1.807, 2.05) is 32.2 Å². The third-order valence-electron chi connectivity index (χ3n) is 3.25. The van der Waals surface area contributed by atoms with Crippen LogP contribution in [-0.2, 0) is 24.8 Å². The first-order valence-corrected chi connectivity index (χ1v) is 6.97. The fourth-order valence-corrected chi connectivity index (χ4v) is 1.97. The van der Waals surface area contributed by atoms with Crippen molar-refractivity contribution in [1.82, 2.24) is 20.1 Å². The molecule has 1 amide bonds. The van der Waals surface area contributed by atoms with E-state index in [0.29, 0.717) is 6.54 Å². The van der Waals surface area contributed by atoms with Crippen molar-refractivity contribution in [3.8, 4) is 0 Å². The summed E-state index contributed by atoms with van der Waals surface area (Å²) in [5.74, 6) is 0.641. The van der Waals surface area contributed by atoms with Gasteiger partial charge in [0.25, 0.3) is 0 Å². The Balaban J connectivity index is 1.78. The molecule has 0 aliphatic carbocycles. The van der Waals surface area contributed by atoms with Crippen LogP contribution >= 0.6 is 0 Å². The lowest BCUT2D eigenvalue weighted by Crippen LogP contribution is -2.22. The van der Waals surface area contributed by atoms with Gasteiger partial charge >= 0.3 is 0 Å². The number of rotatable bonds is 6. The number of carbonyl (C=O) groups excluding carboxylic acids is 1. The number of nitrogens with one attached hydrogen (secondary N) is 1. The predicted molar refractivity (Wildman–Crippen MR) is 81.4 cm³/mol. The summed E-state index contributed by atoms with van der Waals surface area (Å²) >= 11 is 0. The summed E-state index contributed by atoms with van der Waals surface area (Å²) in [5.41, 5.74) is 2.35. The minimum Gasteiger partial charge on any atom is -0.345 e. The third kappa shape index (κ3) is 4.87. The van der Waals surface area contributed by atoms with Gasteiger partial charge in [-0.1, -0.05) is 35.9 Å². The number of hydrogen-bond acceptors (Lipinski definition) is 3. The molecule has 0 unspecified atom stereocenters. The maximum atomic E-state index is 11.8. The van der Waals surface area contributed by atoms with Gasteiger partial charge in [0.05, 0.1) is 6.54 Å². The van der Waals surface area contributed by atoms with Crippen molar-refractivity contribution in [2.75, 3.05) is 0 Å². The molecule has 0 saturated carbocycles. The molecule has 2 aromatic rings. The van der Waals surface area contributed by atoms with Gasteiger partial charge in [-0.2, -0.15) is 0 Å². The van der Waals surface area contributed by atoms with E-state index in [9.17, 15) is 4.79 Å². The highest BCUT2D eigenvalue weighted by Gasteiger charge is 2.03. The Hall–Kier alpha value is -2.43. The molecule has 0 aliphatic rings. The lowest BCUT2D eigenvalue weighted by molar-refractivity contribution is -0.116. The number of allylic oxidation sites excluding steroid dienone is 1. The molecule has 2 rings (SSSR count). The maximum Gasteiger partial charge on any atom is 0.244 e. The van der Waals surface area contributed by atoms with E-state index >= 15 is 0 Å². The molecule has 1 aromatic carbocycles. The number of carbonyl (C=O) groups is 1. The zero-order valence-electron chi connectivity index (χ0n) is 12.4. The van der Waals surface area contributed by atoms with Crippen LogP contribution in [0.5, 0.6) is 0 Å². The Morgan fingerprint density at radius 3 is 2.76 bits per heavy atom. The molecule has 1 heterocycles. The van der Waals surface area contributed by atoms with Crippen molar-refractivity contribution in [2.24, 2.45) is 7.05 Å². The number of benzene rings is 1. The average molecular weight is 284 g/mol. The minimum absolute atomic E-state index is 0.0939. The molecule has 0 atom stereocenters. The van der Waals surface area contributed by atoms with Gasteiger partial charge in [-0.05, 0) is 25.3 Å². The number of amides is 1. The lowest BCUT2D eigenvalue weighted by atomic mass is 10.1. The standard InChI is InChI=1S/C16H20N4O/c1-13(8-9-14-6-4-3-5-7-14)10-16(21)17-11-15-19-18-12-20(15)2/h3-7,10,12H,8-9,11H2,1-2H3,(H,17,21)/b13-10+. The Morgan fingerprint density at radius 2 is 2.10 bits per heavy atom. The van der Waals surface area contributed by atoms with E-state index in [1.165, 1.54) is 5.56 Å². The summed E-state index contributed by atoms with van der Waals surface area (Å²) in [6, 6.07) is 10.3. The van der Waals surface area contributed by atoms with Crippen molar-refractivity contribution >= 4 is 5.91 Å². The quantitative estimate of drug-likeness (QED) is 0.825. The summed E-state index contributed by atoms with van der Waals surface area (Å²) in [4.78, 5) is 11.8. The molecular weight excluding hydrogens is 264 g/mol. The summed E-state index contributed by atoms with van der Waals surface area (Å²) < 4.78 is 1.78. The lowest BCUT2D eigenvalue weighted by Gasteiger charge is -2.04. The van der Waals surface area contributed by atoms with Crippen LogP contribution in [0.25, 0.3) is 0 Å². The van der Waals surface area contributed by atoms with Crippen LogP contribution in [0.15, 0.2) is 48.3 Å². The highest BCUT2D eigenvalue weighted by molar-refractivity contribution is 5.88. The van der Waals surface area contributed by atoms with Gasteiger partial charge in [0.1, 0.15) is 6.33 Å². The number of hydrogen-bond donors (Lipinski definition) is 1. The smallest absolute Gasteiger partial charge is 0.244 e. The van der Waals surface area contributed by atoms with Gasteiger partial charge < -0.3 is 9.88 Å². The molecule has 21 heavy (non-hydrogen) atoms. The number of aryl methyl sites for hydroxylation is 2. The van der Waals surface area contributed by atoms with Crippen molar-refractivity contribution in [3.63, 3.8) is 0 Å². The first-order valence-electron chi connectivity index (χ1n) is 6.97. The molecule has 1 N–H and O–H groups in total. The monoisotopic (exact) mass is 284 g/mol. The Labute approximate surface area is 124 Å². The Bertz CT molecular complexity index is 616. The first kappa shape index (κ1) is 15.0. The van der Waals surface area contributed by atoms with Gasteiger partial charge in [0, 0.05) is 13.1 Å². The van der Waals surface area contributed by atoms with Crippen LogP contribution in [0, 0.1) is 0 Å². The van der Waals surface area contributed by atoms with Gasteiger partial charge in [0.15, 0.2) is 5.82 Å². The van der Waals surface area contributed by atoms with Crippen molar-refractivity contribution < 1.29 is 4.79 Å². The first-order chi connectivity index (χ1) is 10.1. The molecule has 5 heteroatoms. The van der Waals surface area contributed by atoms with Crippen LogP contribution in [0.1, 0.15) is 24.7 Å². The van der Waals surface area contributed by atoms with Crippen LogP contribution in [-0.4, -0.2) is 20.7 Å². The van der Waals surface area contributed by atoms with E-state index in [4.69, 9.17) is 0 Å². The van der Waals surface area contributed by atoms with Crippen molar-refractivity contribution in [1.29, 1.82) is 0 Å². The summed E-state index contributed by atoms with van der Waals surface area (Å²) in [5, 5.41) is 10.5. The highest BCUT2D eigenvalue weighted by atomic mass is 16.1. The van der Waals surface area contributed by atoms with E-state index < -0.39 is 0 Å². The molecule has 0 fully saturated rings. The van der Waals surface area contributed by atoms with Gasteiger partial charge in [-0.25, -0.2) is 0 Å². The van der Waals surface area contributed by atoms with Crippen molar-refractivity contribution in [2.45, 2.75) is 26.3 Å². The summed E-state index contributed by atoms with van der Waals surface area (Å²) in [6.07, 6.45) is 5.09. The summed E-state index contributed by atoms with van der Waals surface area (Å²) in [6.45, 7) is 2.36. The SMILES string of the molecule is C/C(=C\C(=O)NCc1nncn1C)CCc1ccccc1. The Morgan fingerprint density at radius 1 is 1.33 bits per heavy atom. The molecule has 0 radical (unpaired) electrons. The second-order valence-electron chi connectivity index (χ2n) is 5.05. The van der Waals surface area contributed by atoms with Crippen molar-refractivity contribution in [3.05, 3.63) is 59.7 Å². The van der Waals surface area contributed by atoms with E-state index in [-0.39, 0.29) is 5.91 Å². The molecule has 0 spiro atoms. The Kier molecular flexibility index (Phi) is 5.26. The van der Waals surface area contributed by atoms with Gasteiger partial charge in [-0.3, -0.25) is 4.79 Å². The van der Waals surface area contributed by atoms with Gasteiger partial charge in [-0.15, -0.1) is 10.2 Å². The topological polar surface area (TPSA) is 59.8 Å². The fourth-order valence-electron chi connectivity index (χ4n) is 1.97. The fraction of sp³-hybridized carbons (Fsp3) is 0.312. The average Bonchev–Trinajstić information content (AvgIpc) is 2.89. The second-order valence-corrected chi connectivity index (χ2v) is 5.05. The zero-order chi connectivity index (χ0) is 15.1. The molecule has 0 aliphatic heterocycles. The van der Waals surface area contributed by atoms with Crippen LogP contribution < -0.4 is 5.32 Å². The molecular formula is C16H20N4O. The molecule has 0 bridgehead atoms. The summed E-state index contributed by atoms with van der Waals surface area (Å²) in [7, 11) is 1.85. The zero-order valence-corrected chi connectivity index (χ0v) is 12.4. The largest absolute Gasteiger partial charge is 0.345 e. The number of nitrogens with zero attached hydrogens (tertiary/aromatic N) is 3. The van der Waals surface area contributed by atoms with E-state index in [0.717, 1.165) is 24.2 Å². The normalized spacial score (nSPS) is 11.4. The van der Waals surface area contributed by atoms with Crippen LogP contribution in [0.4, 0.5) is 0 Å². The molecule has 5 nitrogen and oxygen atoms in total. The molecule has 0 saturated heterocycles. The number of aromatic nitrogens is 3. The van der Waals surface area contributed by atoms with E-state index in [2.05, 4.69) is 27.6 Å². The minimum atomic E-state index is -0.0939. The predicted octanol–water partition coefficient (Wildman–Crippen LogP) is 2.01. The van der Waals surface area contributed by atoms with Crippen LogP contribution in [0.2, 0.25) is 0 Å². The van der Waals surface area contributed by atoms with E-state index in [1.54, 1.807) is 17.0 Å². The maximum absolute atomic E-state index is 11.8. The molecule has 110 valence electrons. The molecule has 1 aromatic heterocycles. The highest BCUT2D eigenvalue weighted by Crippen LogP contribution is 2.08. The van der Waals surface area contributed by atoms with Crippen LogP contribution in [0.3, 0.4) is 0 Å². The van der Waals surface area contributed by atoms with Gasteiger partial charge in [0.2, 0.25) is 5.91 Å².